The molecule has 0 radical (unpaired) electrons. The van der Waals surface area contributed by atoms with Crippen molar-refractivity contribution in [2.24, 2.45) is 5.92 Å². The largest absolute Gasteiger partial charge is 0.440 e. The van der Waals surface area contributed by atoms with E-state index in [9.17, 15) is 0 Å². The Bertz CT molecular complexity index is 806. The average Bonchev–Trinajstić information content (AvgIpc) is 3.03. The van der Waals surface area contributed by atoms with Crippen LogP contribution in [0, 0.1) is 18.3 Å². The van der Waals surface area contributed by atoms with Crippen LogP contribution in [0.25, 0.3) is 11.6 Å². The molecule has 1 aliphatic rings. The monoisotopic (exact) mass is 302 g/mol. The molecule has 0 aromatic carbocycles. The molecule has 3 nitrogen and oxygen atoms in total. The maximum Gasteiger partial charge on any atom is 0.245 e. The number of fused-ring (bicyclic) bond motifs is 1. The zero-order valence-corrected chi connectivity index (χ0v) is 13.0. The van der Waals surface area contributed by atoms with Crippen molar-refractivity contribution < 1.29 is 4.42 Å². The normalized spacial score (nSPS) is 17.2. The fourth-order valence-corrected chi connectivity index (χ4v) is 2.93. The summed E-state index contributed by atoms with van der Waals surface area (Å²) < 4.78 is 5.96. The van der Waals surface area contributed by atoms with Crippen molar-refractivity contribution >= 4 is 0 Å². The van der Waals surface area contributed by atoms with Gasteiger partial charge in [-0.15, -0.1) is 6.42 Å². The molecule has 2 heterocycles. The van der Waals surface area contributed by atoms with Crippen LogP contribution in [-0.4, -0.2) is 9.97 Å². The van der Waals surface area contributed by atoms with E-state index in [1.54, 1.807) is 12.3 Å². The summed E-state index contributed by atoms with van der Waals surface area (Å²) in [6.07, 6.45) is 13.6. The Morgan fingerprint density at radius 2 is 2.30 bits per heavy atom. The third-order valence-electron chi connectivity index (χ3n) is 4.08. The van der Waals surface area contributed by atoms with E-state index in [0.29, 0.717) is 11.5 Å². The number of aryl methyl sites for hydroxylation is 1. The highest BCUT2D eigenvalue weighted by Gasteiger charge is 2.27. The van der Waals surface area contributed by atoms with Crippen molar-refractivity contribution in [1.82, 2.24) is 9.97 Å². The van der Waals surface area contributed by atoms with E-state index in [0.717, 1.165) is 42.0 Å². The van der Waals surface area contributed by atoms with Crippen molar-refractivity contribution in [2.75, 3.05) is 0 Å². The van der Waals surface area contributed by atoms with Gasteiger partial charge >= 0.3 is 0 Å². The van der Waals surface area contributed by atoms with Crippen molar-refractivity contribution in [3.63, 3.8) is 0 Å². The third kappa shape index (κ3) is 3.02. The number of hydrogen-bond acceptors (Lipinski definition) is 3. The van der Waals surface area contributed by atoms with Gasteiger partial charge in [0, 0.05) is 18.2 Å². The summed E-state index contributed by atoms with van der Waals surface area (Å²) in [6.45, 7) is 7.74. The molecule has 0 saturated heterocycles. The van der Waals surface area contributed by atoms with E-state index in [1.807, 2.05) is 24.3 Å². The summed E-state index contributed by atoms with van der Waals surface area (Å²) >= 11 is 0. The molecule has 0 bridgehead atoms. The fraction of sp³-hybridized carbons (Fsp3) is 0.200. The molecule has 0 saturated carbocycles. The topological polar surface area (TPSA) is 38.9 Å². The molecular weight excluding hydrogens is 284 g/mol. The first-order valence-electron chi connectivity index (χ1n) is 7.61. The number of allylic oxidation sites excluding steroid dienone is 4. The van der Waals surface area contributed by atoms with Crippen molar-refractivity contribution in [2.45, 2.75) is 19.3 Å². The van der Waals surface area contributed by atoms with Gasteiger partial charge < -0.3 is 4.42 Å². The van der Waals surface area contributed by atoms with Gasteiger partial charge in [-0.05, 0) is 36.5 Å². The van der Waals surface area contributed by atoms with Gasteiger partial charge in [0.2, 0.25) is 5.89 Å². The minimum Gasteiger partial charge on any atom is -0.440 e. The molecule has 0 spiro atoms. The van der Waals surface area contributed by atoms with Gasteiger partial charge in [-0.3, -0.25) is 4.98 Å². The van der Waals surface area contributed by atoms with Gasteiger partial charge in [0.25, 0.3) is 0 Å². The van der Waals surface area contributed by atoms with E-state index >= 15 is 0 Å². The van der Waals surface area contributed by atoms with E-state index < -0.39 is 0 Å². The van der Waals surface area contributed by atoms with Crippen molar-refractivity contribution in [3.05, 3.63) is 72.3 Å². The molecule has 3 rings (SSSR count). The first-order valence-corrected chi connectivity index (χ1v) is 7.61. The number of hydrogen-bond donors (Lipinski definition) is 0. The SMILES string of the molecule is C#CC(=C)/C(=C\C=C)C1CCc2nc(-c3ccccn3)oc2C1. The van der Waals surface area contributed by atoms with E-state index in [1.165, 1.54) is 0 Å². The first kappa shape index (κ1) is 15.1. The Kier molecular flexibility index (Phi) is 4.25. The Morgan fingerprint density at radius 3 is 3.00 bits per heavy atom. The van der Waals surface area contributed by atoms with E-state index in [4.69, 9.17) is 10.8 Å². The van der Waals surface area contributed by atoms with Gasteiger partial charge in [0.05, 0.1) is 5.69 Å². The van der Waals surface area contributed by atoms with Crippen LogP contribution in [0.1, 0.15) is 17.9 Å². The second kappa shape index (κ2) is 6.50. The lowest BCUT2D eigenvalue weighted by molar-refractivity contribution is 0.434. The van der Waals surface area contributed by atoms with Gasteiger partial charge in [0.15, 0.2) is 0 Å². The van der Waals surface area contributed by atoms with Gasteiger partial charge in [-0.1, -0.05) is 37.3 Å². The highest BCUT2D eigenvalue weighted by Crippen LogP contribution is 2.34. The average molecular weight is 302 g/mol. The first-order chi connectivity index (χ1) is 11.2. The number of rotatable bonds is 4. The number of oxazole rings is 1. The minimum atomic E-state index is 0.286. The molecule has 2 aromatic rings. The van der Waals surface area contributed by atoms with Crippen molar-refractivity contribution in [1.29, 1.82) is 0 Å². The number of nitrogens with zero attached hydrogens (tertiary/aromatic N) is 2. The Hall–Kier alpha value is -2.86. The molecule has 0 fully saturated rings. The Morgan fingerprint density at radius 1 is 1.43 bits per heavy atom. The zero-order valence-electron chi connectivity index (χ0n) is 13.0. The van der Waals surface area contributed by atoms with Gasteiger partial charge in [0.1, 0.15) is 11.5 Å². The van der Waals surface area contributed by atoms with Crippen molar-refractivity contribution in [3.8, 4) is 23.9 Å². The number of pyridine rings is 1. The van der Waals surface area contributed by atoms with Gasteiger partial charge in [-0.25, -0.2) is 4.98 Å². The molecule has 114 valence electrons. The summed E-state index contributed by atoms with van der Waals surface area (Å²) in [4.78, 5) is 8.89. The van der Waals surface area contributed by atoms with Gasteiger partial charge in [-0.2, -0.15) is 0 Å². The minimum absolute atomic E-state index is 0.286. The van der Waals surface area contributed by atoms with Crippen LogP contribution in [0.4, 0.5) is 0 Å². The molecule has 1 aliphatic carbocycles. The summed E-state index contributed by atoms with van der Waals surface area (Å²) in [6, 6.07) is 5.70. The lowest BCUT2D eigenvalue weighted by Gasteiger charge is -2.22. The maximum atomic E-state index is 5.96. The molecule has 3 heteroatoms. The Balaban J connectivity index is 1.88. The summed E-state index contributed by atoms with van der Waals surface area (Å²) in [5.74, 6) is 4.42. The van der Waals surface area contributed by atoms with Crippen LogP contribution in [0.15, 0.2) is 65.3 Å². The maximum absolute atomic E-state index is 5.96. The third-order valence-corrected chi connectivity index (χ3v) is 4.08. The van der Waals surface area contributed by atoms with Crippen LogP contribution in [0.5, 0.6) is 0 Å². The highest BCUT2D eigenvalue weighted by molar-refractivity contribution is 5.49. The van der Waals surface area contributed by atoms with E-state index in [-0.39, 0.29) is 5.92 Å². The zero-order chi connectivity index (χ0) is 16.2. The van der Waals surface area contributed by atoms with Crippen LogP contribution in [-0.2, 0) is 12.8 Å². The molecule has 1 atom stereocenters. The lowest BCUT2D eigenvalue weighted by atomic mass is 9.81. The molecule has 1 unspecified atom stereocenters. The van der Waals surface area contributed by atoms with Crippen LogP contribution in [0.3, 0.4) is 0 Å². The standard InChI is InChI=1S/C20H18N2O/c1-4-8-16(14(3)5-2)15-10-11-17-19(13-15)23-20(22-17)18-9-6-7-12-21-18/h2,4,6-9,12,15H,1,3,10-11,13H2/b16-8+. The Labute approximate surface area is 136 Å². The predicted octanol–water partition coefficient (Wildman–Crippen LogP) is 4.14. The molecule has 0 amide bonds. The fourth-order valence-electron chi connectivity index (χ4n) is 2.93. The molecule has 23 heavy (non-hydrogen) atoms. The molecule has 0 aliphatic heterocycles. The number of terminal acetylenes is 1. The summed E-state index contributed by atoms with van der Waals surface area (Å²) in [5, 5.41) is 0. The molecular formula is C20H18N2O. The smallest absolute Gasteiger partial charge is 0.245 e. The second-order valence-corrected chi connectivity index (χ2v) is 5.52. The van der Waals surface area contributed by atoms with Crippen LogP contribution < -0.4 is 0 Å². The van der Waals surface area contributed by atoms with E-state index in [2.05, 4.69) is 29.0 Å². The lowest BCUT2D eigenvalue weighted by Crippen LogP contribution is -2.16. The summed E-state index contributed by atoms with van der Waals surface area (Å²) in [5.41, 5.74) is 3.55. The predicted molar refractivity (Wildman–Crippen MR) is 91.5 cm³/mol. The number of aromatic nitrogens is 2. The molecule has 2 aromatic heterocycles. The summed E-state index contributed by atoms with van der Waals surface area (Å²) in [7, 11) is 0. The quantitative estimate of drug-likeness (QED) is 0.629. The van der Waals surface area contributed by atoms with Crippen LogP contribution in [0.2, 0.25) is 0 Å². The highest BCUT2D eigenvalue weighted by atomic mass is 16.4. The molecule has 0 N–H and O–H groups in total. The van der Waals surface area contributed by atoms with Crippen LogP contribution >= 0.6 is 0 Å². The second-order valence-electron chi connectivity index (χ2n) is 5.52.